The van der Waals surface area contributed by atoms with Crippen molar-refractivity contribution in [3.8, 4) is 0 Å². The molecule has 1 rings (SSSR count). The molecule has 1 aliphatic rings. The molecular weight excluding hydrogens is 245 g/mol. The summed E-state index contributed by atoms with van der Waals surface area (Å²) in [6, 6.07) is 0. The van der Waals surface area contributed by atoms with Gasteiger partial charge in [-0.3, -0.25) is 0 Å². The van der Waals surface area contributed by atoms with Crippen molar-refractivity contribution < 1.29 is 8.42 Å². The molecule has 18 heavy (non-hydrogen) atoms. The van der Waals surface area contributed by atoms with E-state index in [1.54, 1.807) is 0 Å². The van der Waals surface area contributed by atoms with Gasteiger partial charge in [0.05, 0.1) is 0 Å². The Labute approximate surface area is 112 Å². The van der Waals surface area contributed by atoms with Crippen LogP contribution in [0.4, 0.5) is 0 Å². The second-order valence-electron chi connectivity index (χ2n) is 6.09. The molecule has 0 fully saturated rings. The minimum atomic E-state index is -3.42. The van der Waals surface area contributed by atoms with Crippen molar-refractivity contribution in [2.75, 3.05) is 6.26 Å². The normalized spacial score (nSPS) is 25.7. The number of sulfonamides is 1. The van der Waals surface area contributed by atoms with Crippen molar-refractivity contribution >= 4 is 28.7 Å². The predicted octanol–water partition coefficient (Wildman–Crippen LogP) is 2.13. The molecule has 0 aromatic carbocycles. The molecule has 3 nitrogen and oxygen atoms in total. The van der Waals surface area contributed by atoms with Gasteiger partial charge in [0.1, 0.15) is 0 Å². The second-order valence-corrected chi connectivity index (χ2v) is 7.74. The summed E-state index contributed by atoms with van der Waals surface area (Å²) in [5, 5.41) is 0. The first-order valence-corrected chi connectivity index (χ1v) is 7.78. The molecule has 0 saturated heterocycles. The quantitative estimate of drug-likeness (QED) is 0.682. The van der Waals surface area contributed by atoms with Gasteiger partial charge in [0, 0.05) is 0 Å². The second kappa shape index (κ2) is 4.15. The molecule has 1 radical (unpaired) electrons. The van der Waals surface area contributed by atoms with Crippen molar-refractivity contribution in [1.29, 1.82) is 0 Å². The number of hydrogen-bond acceptors (Lipinski definition) is 2. The van der Waals surface area contributed by atoms with Gasteiger partial charge in [-0.05, 0) is 0 Å². The summed E-state index contributed by atoms with van der Waals surface area (Å²) in [7, 11) is 2.79. The average molecular weight is 266 g/mol. The fourth-order valence-corrected chi connectivity index (χ4v) is 2.99. The van der Waals surface area contributed by atoms with Crippen LogP contribution in [0.2, 0.25) is 0 Å². The summed E-state index contributed by atoms with van der Waals surface area (Å²) in [6.07, 6.45) is 1.12. The van der Waals surface area contributed by atoms with Crippen LogP contribution in [0.3, 0.4) is 0 Å². The molecule has 0 bridgehead atoms. The van der Waals surface area contributed by atoms with E-state index in [-0.39, 0.29) is 5.41 Å². The Morgan fingerprint density at radius 3 is 1.83 bits per heavy atom. The fraction of sp³-hybridized carbons (Fsp3) is 0.692. The summed E-state index contributed by atoms with van der Waals surface area (Å²) in [4.78, 5) is 0. The van der Waals surface area contributed by atoms with E-state index in [2.05, 4.69) is 4.40 Å². The summed E-state index contributed by atoms with van der Waals surface area (Å²) in [5.74, 6) is 0. The van der Waals surface area contributed by atoms with E-state index in [9.17, 15) is 8.42 Å². The molecule has 0 atom stereocenters. The van der Waals surface area contributed by atoms with E-state index in [1.807, 2.05) is 41.5 Å². The van der Waals surface area contributed by atoms with E-state index in [4.69, 9.17) is 7.49 Å². The van der Waals surface area contributed by atoms with Crippen LogP contribution in [0, 0.1) is 10.8 Å². The summed E-state index contributed by atoms with van der Waals surface area (Å²) in [6.45, 7) is 11.8. The Bertz CT molecular complexity index is 566. The van der Waals surface area contributed by atoms with Crippen molar-refractivity contribution in [3.63, 3.8) is 0 Å². The van der Waals surface area contributed by atoms with Crippen molar-refractivity contribution in [2.24, 2.45) is 15.2 Å². The van der Waals surface area contributed by atoms with Crippen LogP contribution in [0.1, 0.15) is 41.5 Å². The molecule has 0 heterocycles. The number of hydrogen-bond donors (Lipinski definition) is 0. The molecular formula is C13H21BNO2S. The molecule has 1 aliphatic carbocycles. The van der Waals surface area contributed by atoms with Crippen LogP contribution in [0.25, 0.3) is 0 Å². The van der Waals surface area contributed by atoms with Crippen LogP contribution in [-0.4, -0.2) is 33.3 Å². The number of rotatable bonds is 1. The molecule has 99 valence electrons. The Morgan fingerprint density at radius 1 is 1.00 bits per heavy atom. The third-order valence-electron chi connectivity index (χ3n) is 4.41. The zero-order chi connectivity index (χ0) is 14.5. The SMILES string of the molecule is [B]=C1C(C)=C(C)/C(=N/S(C)(=O)=O)C(C)(C)C1(C)C. The van der Waals surface area contributed by atoms with Crippen molar-refractivity contribution in [1.82, 2.24) is 0 Å². The monoisotopic (exact) mass is 266 g/mol. The minimum absolute atomic E-state index is 0.333. The molecule has 0 aromatic heterocycles. The zero-order valence-corrected chi connectivity index (χ0v) is 13.1. The first-order chi connectivity index (χ1) is 7.82. The van der Waals surface area contributed by atoms with Crippen LogP contribution >= 0.6 is 0 Å². The van der Waals surface area contributed by atoms with E-state index in [0.717, 1.165) is 22.9 Å². The summed E-state index contributed by atoms with van der Waals surface area (Å²) >= 11 is 0. The molecule has 0 aromatic rings. The third-order valence-corrected chi connectivity index (χ3v) is 4.92. The van der Waals surface area contributed by atoms with Crippen LogP contribution in [-0.2, 0) is 10.0 Å². The van der Waals surface area contributed by atoms with Crippen LogP contribution < -0.4 is 0 Å². The number of nitrogens with zero attached hydrogens (tertiary/aromatic N) is 1. The Kier molecular flexibility index (Phi) is 3.54. The molecule has 0 spiro atoms. The van der Waals surface area contributed by atoms with Gasteiger partial charge >= 0.3 is 111 Å². The average Bonchev–Trinajstić information content (AvgIpc) is 2.19. The Balaban J connectivity index is 3.71. The standard InChI is InChI=1S/C13H21BNO2S/c1-8-9(2)11(15-18(7,16)17)13(5,6)12(3,4)10(8)14/h1-7H3/b15-11-. The van der Waals surface area contributed by atoms with Crippen LogP contribution in [0.5, 0.6) is 0 Å². The van der Waals surface area contributed by atoms with Gasteiger partial charge in [-0.2, -0.15) is 0 Å². The van der Waals surface area contributed by atoms with Gasteiger partial charge in [0.2, 0.25) is 0 Å². The summed E-state index contributed by atoms with van der Waals surface area (Å²) in [5.41, 5.74) is 2.45. The Morgan fingerprint density at radius 2 is 1.44 bits per heavy atom. The molecule has 0 N–H and O–H groups in total. The van der Waals surface area contributed by atoms with Gasteiger partial charge in [-0.1, -0.05) is 0 Å². The van der Waals surface area contributed by atoms with E-state index in [1.165, 1.54) is 0 Å². The van der Waals surface area contributed by atoms with Crippen molar-refractivity contribution in [3.05, 3.63) is 11.1 Å². The first-order valence-electron chi connectivity index (χ1n) is 5.94. The van der Waals surface area contributed by atoms with Gasteiger partial charge in [0.15, 0.2) is 0 Å². The fourth-order valence-electron chi connectivity index (χ4n) is 2.30. The maximum absolute atomic E-state index is 11.5. The van der Waals surface area contributed by atoms with Gasteiger partial charge < -0.3 is 0 Å². The third kappa shape index (κ3) is 2.25. The summed E-state index contributed by atoms with van der Waals surface area (Å²) < 4.78 is 26.9. The topological polar surface area (TPSA) is 46.5 Å². The van der Waals surface area contributed by atoms with Gasteiger partial charge in [0.25, 0.3) is 0 Å². The molecule has 0 unspecified atom stereocenters. The van der Waals surface area contributed by atoms with Crippen LogP contribution in [0.15, 0.2) is 15.5 Å². The first kappa shape index (κ1) is 15.4. The van der Waals surface area contributed by atoms with E-state index in [0.29, 0.717) is 5.71 Å². The van der Waals surface area contributed by atoms with Gasteiger partial charge in [-0.15, -0.1) is 0 Å². The Hall–Kier alpha value is -0.705. The molecule has 0 amide bonds. The maximum atomic E-state index is 11.5. The van der Waals surface area contributed by atoms with Crippen molar-refractivity contribution in [2.45, 2.75) is 41.5 Å². The molecule has 0 aliphatic heterocycles. The predicted molar refractivity (Wildman–Crippen MR) is 79.0 cm³/mol. The van der Waals surface area contributed by atoms with E-state index < -0.39 is 15.4 Å². The molecule has 5 heteroatoms. The van der Waals surface area contributed by atoms with E-state index >= 15 is 0 Å². The van der Waals surface area contributed by atoms with Gasteiger partial charge in [-0.25, -0.2) is 0 Å². The number of allylic oxidation sites excluding steroid dienone is 2. The molecule has 0 saturated carbocycles. The zero-order valence-electron chi connectivity index (χ0n) is 12.2.